The van der Waals surface area contributed by atoms with Crippen LogP contribution in [0.25, 0.3) is 0 Å². The van der Waals surface area contributed by atoms with Gasteiger partial charge in [-0.3, -0.25) is 9.59 Å². The van der Waals surface area contributed by atoms with Gasteiger partial charge in [0, 0.05) is 31.6 Å². The molecular weight excluding hydrogens is 311 g/mol. The molecule has 0 aliphatic carbocycles. The van der Waals surface area contributed by atoms with Gasteiger partial charge in [-0.15, -0.1) is 0 Å². The molecule has 1 N–H and O–H groups in total. The fourth-order valence-electron chi connectivity index (χ4n) is 2.72. The van der Waals surface area contributed by atoms with E-state index in [0.29, 0.717) is 31.2 Å². The summed E-state index contributed by atoms with van der Waals surface area (Å²) in [6.45, 7) is 5.11. The van der Waals surface area contributed by atoms with E-state index in [1.165, 1.54) is 12.1 Å². The number of carbonyl (C=O) groups is 2. The van der Waals surface area contributed by atoms with Crippen LogP contribution >= 0.6 is 0 Å². The Morgan fingerprint density at radius 1 is 1.33 bits per heavy atom. The van der Waals surface area contributed by atoms with Gasteiger partial charge in [0.15, 0.2) is 6.61 Å². The lowest BCUT2D eigenvalue weighted by molar-refractivity contribution is -0.134. The third kappa shape index (κ3) is 5.83. The molecule has 132 valence electrons. The van der Waals surface area contributed by atoms with Crippen LogP contribution in [0.15, 0.2) is 24.3 Å². The van der Waals surface area contributed by atoms with Crippen molar-refractivity contribution in [1.29, 1.82) is 0 Å². The highest BCUT2D eigenvalue weighted by molar-refractivity contribution is 5.78. The third-order valence-electron chi connectivity index (χ3n) is 3.96. The zero-order valence-corrected chi connectivity index (χ0v) is 14.3. The third-order valence-corrected chi connectivity index (χ3v) is 3.96. The smallest absolute Gasteiger partial charge is 0.260 e. The zero-order valence-electron chi connectivity index (χ0n) is 14.3. The molecule has 2 rings (SSSR count). The van der Waals surface area contributed by atoms with Gasteiger partial charge in [-0.1, -0.05) is 19.9 Å². The number of hydrogen-bond donors (Lipinski definition) is 1. The Balaban J connectivity index is 1.71. The van der Waals surface area contributed by atoms with E-state index >= 15 is 0 Å². The summed E-state index contributed by atoms with van der Waals surface area (Å²) in [6.07, 6.45) is 2.02. The molecule has 0 unspecified atom stereocenters. The van der Waals surface area contributed by atoms with E-state index in [-0.39, 0.29) is 24.5 Å². The zero-order chi connectivity index (χ0) is 17.5. The van der Waals surface area contributed by atoms with E-state index in [9.17, 15) is 14.0 Å². The molecule has 2 amide bonds. The number of nitrogens with zero attached hydrogens (tertiary/aromatic N) is 1. The van der Waals surface area contributed by atoms with Crippen LogP contribution in [0.2, 0.25) is 0 Å². The number of piperidine rings is 1. The number of rotatable bonds is 6. The van der Waals surface area contributed by atoms with Gasteiger partial charge in [0.05, 0.1) is 0 Å². The van der Waals surface area contributed by atoms with Crippen molar-refractivity contribution < 1.29 is 18.7 Å². The molecular formula is C18H25FN2O3. The summed E-state index contributed by atoms with van der Waals surface area (Å²) < 4.78 is 18.4. The van der Waals surface area contributed by atoms with Crippen molar-refractivity contribution in [3.05, 3.63) is 30.1 Å². The normalized spacial score (nSPS) is 15.4. The second-order valence-electron chi connectivity index (χ2n) is 6.57. The second-order valence-corrected chi connectivity index (χ2v) is 6.57. The molecule has 1 fully saturated rings. The fourth-order valence-corrected chi connectivity index (χ4v) is 2.72. The lowest BCUT2D eigenvalue weighted by atomic mass is 10.0. The Bertz CT molecular complexity index is 569. The van der Waals surface area contributed by atoms with Gasteiger partial charge in [0.1, 0.15) is 11.6 Å². The Labute approximate surface area is 142 Å². The van der Waals surface area contributed by atoms with Gasteiger partial charge in [-0.2, -0.15) is 0 Å². The van der Waals surface area contributed by atoms with Crippen LogP contribution in [-0.2, 0) is 9.59 Å². The first-order chi connectivity index (χ1) is 11.4. The molecule has 5 nitrogen and oxygen atoms in total. The number of amides is 2. The Kier molecular flexibility index (Phi) is 6.58. The van der Waals surface area contributed by atoms with Crippen molar-refractivity contribution >= 4 is 11.8 Å². The maximum Gasteiger partial charge on any atom is 0.260 e. The van der Waals surface area contributed by atoms with Crippen molar-refractivity contribution in [2.75, 3.05) is 19.7 Å². The van der Waals surface area contributed by atoms with Crippen molar-refractivity contribution in [2.45, 2.75) is 39.2 Å². The molecule has 1 aromatic carbocycles. The van der Waals surface area contributed by atoms with E-state index in [2.05, 4.69) is 5.32 Å². The predicted molar refractivity (Wildman–Crippen MR) is 89.1 cm³/mol. The minimum Gasteiger partial charge on any atom is -0.484 e. The molecule has 1 heterocycles. The van der Waals surface area contributed by atoms with E-state index in [0.717, 1.165) is 12.8 Å². The molecule has 0 saturated carbocycles. The summed E-state index contributed by atoms with van der Waals surface area (Å²) in [5, 5.41) is 3.02. The van der Waals surface area contributed by atoms with E-state index in [4.69, 9.17) is 4.74 Å². The van der Waals surface area contributed by atoms with Gasteiger partial charge >= 0.3 is 0 Å². The Hall–Kier alpha value is -2.11. The summed E-state index contributed by atoms with van der Waals surface area (Å²) in [5.41, 5.74) is 0. The highest BCUT2D eigenvalue weighted by Crippen LogP contribution is 2.14. The van der Waals surface area contributed by atoms with Crippen molar-refractivity contribution in [2.24, 2.45) is 5.92 Å². The number of ether oxygens (including phenoxy) is 1. The number of halogens is 1. The van der Waals surface area contributed by atoms with Crippen molar-refractivity contribution in [3.8, 4) is 5.75 Å². The molecule has 24 heavy (non-hydrogen) atoms. The Morgan fingerprint density at radius 2 is 2.04 bits per heavy atom. The summed E-state index contributed by atoms with van der Waals surface area (Å²) in [4.78, 5) is 25.7. The molecule has 1 aromatic rings. The number of benzene rings is 1. The minimum absolute atomic E-state index is 0.0733. The predicted octanol–water partition coefficient (Wildman–Crippen LogP) is 2.36. The topological polar surface area (TPSA) is 58.6 Å². The van der Waals surface area contributed by atoms with Crippen LogP contribution < -0.4 is 10.1 Å². The molecule has 1 aliphatic heterocycles. The van der Waals surface area contributed by atoms with E-state index < -0.39 is 5.82 Å². The summed E-state index contributed by atoms with van der Waals surface area (Å²) in [5.74, 6) is 0.249. The standard InChI is InChI=1S/C18H25FN2O3/c1-13(2)10-17(22)20-15-6-8-21(9-7-15)18(23)12-24-16-5-3-4-14(19)11-16/h3-5,11,13,15H,6-10,12H2,1-2H3,(H,20,22). The van der Waals surface area contributed by atoms with Crippen LogP contribution in [0.3, 0.4) is 0 Å². The summed E-state index contributed by atoms with van der Waals surface area (Å²) >= 11 is 0. The van der Waals surface area contributed by atoms with Crippen molar-refractivity contribution in [1.82, 2.24) is 10.2 Å². The first-order valence-corrected chi connectivity index (χ1v) is 8.39. The summed E-state index contributed by atoms with van der Waals surface area (Å²) in [6, 6.07) is 5.87. The molecule has 1 aliphatic rings. The second kappa shape index (κ2) is 8.66. The van der Waals surface area contributed by atoms with Crippen LogP contribution in [0.4, 0.5) is 4.39 Å². The monoisotopic (exact) mass is 336 g/mol. The van der Waals surface area contributed by atoms with Gasteiger partial charge in [0.2, 0.25) is 5.91 Å². The molecule has 0 aromatic heterocycles. The Morgan fingerprint density at radius 3 is 2.67 bits per heavy atom. The minimum atomic E-state index is -0.391. The SMILES string of the molecule is CC(C)CC(=O)NC1CCN(C(=O)COc2cccc(F)c2)CC1. The first-order valence-electron chi connectivity index (χ1n) is 8.39. The van der Waals surface area contributed by atoms with Crippen LogP contribution in [-0.4, -0.2) is 42.5 Å². The largest absolute Gasteiger partial charge is 0.484 e. The van der Waals surface area contributed by atoms with Crippen LogP contribution in [0.5, 0.6) is 5.75 Å². The molecule has 1 saturated heterocycles. The molecule has 0 radical (unpaired) electrons. The molecule has 0 spiro atoms. The average Bonchev–Trinajstić information content (AvgIpc) is 2.52. The maximum absolute atomic E-state index is 13.1. The lowest BCUT2D eigenvalue weighted by Crippen LogP contribution is -2.47. The number of hydrogen-bond acceptors (Lipinski definition) is 3. The quantitative estimate of drug-likeness (QED) is 0.867. The van der Waals surface area contributed by atoms with Crippen LogP contribution in [0.1, 0.15) is 33.1 Å². The highest BCUT2D eigenvalue weighted by Gasteiger charge is 2.24. The number of nitrogens with one attached hydrogen (secondary N) is 1. The lowest BCUT2D eigenvalue weighted by Gasteiger charge is -2.32. The highest BCUT2D eigenvalue weighted by atomic mass is 19.1. The van der Waals surface area contributed by atoms with Gasteiger partial charge in [-0.05, 0) is 30.9 Å². The fraction of sp³-hybridized carbons (Fsp3) is 0.556. The van der Waals surface area contributed by atoms with Gasteiger partial charge < -0.3 is 15.0 Å². The number of likely N-dealkylation sites (tertiary alicyclic amines) is 1. The summed E-state index contributed by atoms with van der Waals surface area (Å²) in [7, 11) is 0. The van der Waals surface area contributed by atoms with E-state index in [1.807, 2.05) is 13.8 Å². The average molecular weight is 336 g/mol. The number of carbonyl (C=O) groups excluding carboxylic acids is 2. The first kappa shape index (κ1) is 18.2. The van der Waals surface area contributed by atoms with Crippen LogP contribution in [0, 0.1) is 11.7 Å². The molecule has 0 atom stereocenters. The van der Waals surface area contributed by atoms with E-state index in [1.54, 1.807) is 17.0 Å². The van der Waals surface area contributed by atoms with Crippen molar-refractivity contribution in [3.63, 3.8) is 0 Å². The van der Waals surface area contributed by atoms with Gasteiger partial charge in [0.25, 0.3) is 5.91 Å². The van der Waals surface area contributed by atoms with Gasteiger partial charge in [-0.25, -0.2) is 4.39 Å². The molecule has 6 heteroatoms. The molecule has 0 bridgehead atoms. The maximum atomic E-state index is 13.1.